The number of hydrogen-bond donors (Lipinski definition) is 1. The van der Waals surface area contributed by atoms with Gasteiger partial charge in [-0.05, 0) is 56.8 Å². The van der Waals surface area contributed by atoms with Crippen molar-refractivity contribution in [2.45, 2.75) is 64.7 Å². The lowest BCUT2D eigenvalue weighted by molar-refractivity contribution is -0.432. The predicted octanol–water partition coefficient (Wildman–Crippen LogP) is 5.23. The van der Waals surface area contributed by atoms with Gasteiger partial charge >= 0.3 is 0 Å². The molecule has 0 bridgehead atoms. The maximum atomic E-state index is 8.05. The van der Waals surface area contributed by atoms with Crippen LogP contribution in [0, 0.1) is 5.92 Å². The number of hydrogen-bond acceptors (Lipinski definition) is 5. The van der Waals surface area contributed by atoms with Crippen molar-refractivity contribution in [3.63, 3.8) is 0 Å². The van der Waals surface area contributed by atoms with Gasteiger partial charge in [0.15, 0.2) is 0 Å². The summed E-state index contributed by atoms with van der Waals surface area (Å²) in [7, 11) is 0. The topological polar surface area (TPSA) is 41.9 Å². The Morgan fingerprint density at radius 2 is 1.91 bits per heavy atom. The van der Waals surface area contributed by atoms with Crippen molar-refractivity contribution in [3.8, 4) is 0 Å². The van der Waals surface area contributed by atoms with Crippen molar-refractivity contribution in [1.29, 1.82) is 0 Å². The fourth-order valence-corrected chi connectivity index (χ4v) is 3.32. The number of nitrogens with zero attached hydrogens (tertiary/aromatic N) is 1. The number of likely N-dealkylation sites (tertiary alicyclic amines) is 1. The van der Waals surface area contributed by atoms with Gasteiger partial charge in [0.25, 0.3) is 0 Å². The average Bonchev–Trinajstić information content (AvgIpc) is 2.58. The van der Waals surface area contributed by atoms with Crippen molar-refractivity contribution >= 4 is 12.0 Å². The number of rotatable bonds is 13. The molecule has 1 N–H and O–H groups in total. The molecule has 0 radical (unpaired) electrons. The lowest BCUT2D eigenvalue weighted by atomic mass is 9.97. The van der Waals surface area contributed by atoms with Gasteiger partial charge in [0.1, 0.15) is 0 Å². The summed E-state index contributed by atoms with van der Waals surface area (Å²) in [4.78, 5) is 2.43. The molecule has 0 aromatic rings. The van der Waals surface area contributed by atoms with E-state index in [-0.39, 0.29) is 0 Å². The first-order chi connectivity index (χ1) is 11.4. The predicted molar refractivity (Wildman–Crippen MR) is 97.1 cm³/mol. The van der Waals surface area contributed by atoms with Crippen LogP contribution in [0.2, 0.25) is 0 Å². The molecule has 0 atom stereocenters. The van der Waals surface area contributed by atoms with E-state index in [1.807, 2.05) is 0 Å². The van der Waals surface area contributed by atoms with Crippen molar-refractivity contribution in [2.24, 2.45) is 5.92 Å². The Morgan fingerprint density at radius 1 is 1.17 bits per heavy atom. The summed E-state index contributed by atoms with van der Waals surface area (Å²) in [6.07, 6.45) is 16.2. The van der Waals surface area contributed by atoms with E-state index in [1.165, 1.54) is 57.8 Å². The molecule has 0 unspecified atom stereocenters. The molecule has 134 valence electrons. The minimum atomic E-state index is 0.678. The number of piperidine rings is 1. The molecule has 0 spiro atoms. The van der Waals surface area contributed by atoms with E-state index in [1.54, 1.807) is 0 Å². The third-order valence-corrected chi connectivity index (χ3v) is 4.86. The third kappa shape index (κ3) is 11.8. The zero-order chi connectivity index (χ0) is 16.6. The Hall–Kier alpha value is -0.290. The standard InChI is InChI=1S/C18H33NO3S/c1-2-3-4-5-6-7-8-9-10-11-18-12-14-19(15-13-18)16-17-23-22-21-20/h9,11,18,20H,2-8,12-17H2,1H3. The lowest BCUT2D eigenvalue weighted by Gasteiger charge is -2.29. The summed E-state index contributed by atoms with van der Waals surface area (Å²) in [5.74, 6) is 1.48. The molecule has 1 fully saturated rings. The monoisotopic (exact) mass is 343 g/mol. The van der Waals surface area contributed by atoms with Gasteiger partial charge in [0.05, 0.1) is 0 Å². The van der Waals surface area contributed by atoms with Crippen LogP contribution in [0.5, 0.6) is 0 Å². The Morgan fingerprint density at radius 3 is 2.65 bits per heavy atom. The maximum Gasteiger partial charge on any atom is 0.0359 e. The summed E-state index contributed by atoms with van der Waals surface area (Å²) >= 11 is 1.14. The van der Waals surface area contributed by atoms with Gasteiger partial charge in [-0.3, -0.25) is 0 Å². The molecule has 1 heterocycles. The van der Waals surface area contributed by atoms with Gasteiger partial charge in [0.2, 0.25) is 0 Å². The minimum absolute atomic E-state index is 0.678. The normalized spacial score (nSPS) is 16.3. The van der Waals surface area contributed by atoms with Gasteiger partial charge in [-0.2, -0.15) is 0 Å². The highest BCUT2D eigenvalue weighted by Crippen LogP contribution is 2.18. The molecule has 0 aliphatic carbocycles. The molecule has 5 heteroatoms. The Labute approximate surface area is 146 Å². The van der Waals surface area contributed by atoms with Crippen molar-refractivity contribution in [1.82, 2.24) is 4.90 Å². The Kier molecular flexibility index (Phi) is 13.8. The second-order valence-corrected chi connectivity index (χ2v) is 7.02. The van der Waals surface area contributed by atoms with Gasteiger partial charge in [-0.15, -0.1) is 10.1 Å². The molecule has 1 aliphatic rings. The van der Waals surface area contributed by atoms with Gasteiger partial charge in [0, 0.05) is 24.3 Å². The first-order valence-corrected chi connectivity index (χ1v) is 10.0. The van der Waals surface area contributed by atoms with Crippen LogP contribution >= 0.6 is 12.0 Å². The van der Waals surface area contributed by atoms with E-state index in [9.17, 15) is 0 Å². The molecule has 0 aromatic carbocycles. The van der Waals surface area contributed by atoms with E-state index in [0.717, 1.165) is 37.4 Å². The molecule has 1 saturated heterocycles. The molecule has 0 saturated carbocycles. The summed E-state index contributed by atoms with van der Waals surface area (Å²) in [5.41, 5.74) is 3.39. The zero-order valence-electron chi connectivity index (χ0n) is 14.5. The SMILES string of the molecule is CCCCCCCCC=C=CC1CCN(CCSOOO)CC1. The van der Waals surface area contributed by atoms with E-state index in [2.05, 4.69) is 39.1 Å². The summed E-state index contributed by atoms with van der Waals surface area (Å²) in [6, 6.07) is 0. The highest BCUT2D eigenvalue weighted by molar-refractivity contribution is 7.94. The Bertz CT molecular complexity index is 324. The first kappa shape index (κ1) is 20.8. The lowest BCUT2D eigenvalue weighted by Crippen LogP contribution is -2.34. The largest absolute Gasteiger partial charge is 0.302 e. The van der Waals surface area contributed by atoms with Gasteiger partial charge < -0.3 is 4.90 Å². The highest BCUT2D eigenvalue weighted by Gasteiger charge is 2.16. The fraction of sp³-hybridized carbons (Fsp3) is 0.833. The fourth-order valence-electron chi connectivity index (χ4n) is 2.88. The van der Waals surface area contributed by atoms with Crippen molar-refractivity contribution in [2.75, 3.05) is 25.4 Å². The van der Waals surface area contributed by atoms with Crippen molar-refractivity contribution in [3.05, 3.63) is 17.9 Å². The molecule has 0 aromatic heterocycles. The molecule has 4 nitrogen and oxygen atoms in total. The smallest absolute Gasteiger partial charge is 0.0359 e. The molecular formula is C18H33NO3S. The second kappa shape index (κ2) is 15.3. The van der Waals surface area contributed by atoms with Crippen LogP contribution in [0.1, 0.15) is 64.7 Å². The third-order valence-electron chi connectivity index (χ3n) is 4.35. The highest BCUT2D eigenvalue weighted by atomic mass is 32.2. The van der Waals surface area contributed by atoms with Crippen LogP contribution < -0.4 is 0 Å². The average molecular weight is 344 g/mol. The van der Waals surface area contributed by atoms with Crippen LogP contribution in [-0.4, -0.2) is 35.5 Å². The maximum absolute atomic E-state index is 8.05. The Balaban J connectivity index is 2.00. The summed E-state index contributed by atoms with van der Waals surface area (Å²) < 4.78 is 4.38. The van der Waals surface area contributed by atoms with E-state index < -0.39 is 0 Å². The molecule has 0 amide bonds. The van der Waals surface area contributed by atoms with E-state index in [0.29, 0.717) is 5.92 Å². The quantitative estimate of drug-likeness (QED) is 0.163. The van der Waals surface area contributed by atoms with Gasteiger partial charge in [-0.25, -0.2) is 5.26 Å². The second-order valence-electron chi connectivity index (χ2n) is 6.24. The summed E-state index contributed by atoms with van der Waals surface area (Å²) in [6.45, 7) is 5.48. The summed E-state index contributed by atoms with van der Waals surface area (Å²) in [5, 5.41) is 11.6. The van der Waals surface area contributed by atoms with Crippen LogP contribution in [0.4, 0.5) is 0 Å². The zero-order valence-corrected chi connectivity index (χ0v) is 15.4. The van der Waals surface area contributed by atoms with E-state index >= 15 is 0 Å². The first-order valence-electron chi connectivity index (χ1n) is 9.10. The number of unbranched alkanes of at least 4 members (excludes halogenated alkanes) is 6. The number of allylic oxidation sites excluding steroid dienone is 1. The molecule has 1 aliphatic heterocycles. The molecule has 23 heavy (non-hydrogen) atoms. The molecule has 1 rings (SSSR count). The van der Waals surface area contributed by atoms with Crippen LogP contribution in [0.15, 0.2) is 17.9 Å². The van der Waals surface area contributed by atoms with Crippen LogP contribution in [-0.2, 0) is 9.37 Å². The van der Waals surface area contributed by atoms with Gasteiger partial charge in [-0.1, -0.05) is 44.1 Å². The minimum Gasteiger partial charge on any atom is -0.302 e. The van der Waals surface area contributed by atoms with E-state index in [4.69, 9.17) is 5.26 Å². The van der Waals surface area contributed by atoms with Crippen molar-refractivity contribution < 1.29 is 14.6 Å². The van der Waals surface area contributed by atoms with Crippen LogP contribution in [0.25, 0.3) is 0 Å². The molecular weight excluding hydrogens is 310 g/mol. The van der Waals surface area contributed by atoms with Crippen LogP contribution in [0.3, 0.4) is 0 Å².